The summed E-state index contributed by atoms with van der Waals surface area (Å²) in [4.78, 5) is 11.2. The van der Waals surface area contributed by atoms with Gasteiger partial charge in [-0.05, 0) is 37.0 Å². The third kappa shape index (κ3) is 4.87. The Kier molecular flexibility index (Phi) is 5.49. The van der Waals surface area contributed by atoms with Crippen molar-refractivity contribution in [2.45, 2.75) is 25.7 Å². The van der Waals surface area contributed by atoms with E-state index in [2.05, 4.69) is 12.1 Å². The quantitative estimate of drug-likeness (QED) is 0.354. The number of ether oxygens (including phenoxy) is 1. The molecular weight excluding hydrogens is 216 g/mol. The van der Waals surface area contributed by atoms with Crippen molar-refractivity contribution >= 4 is 5.91 Å². The molecule has 2 N–H and O–H groups in total. The number of hydrazine groups is 1. The molecule has 0 saturated carbocycles. The highest BCUT2D eigenvalue weighted by molar-refractivity contribution is 5.75. The summed E-state index contributed by atoms with van der Waals surface area (Å²) >= 11 is 0. The number of carbonyl (C=O) groups excluding carboxylic acids is 1. The van der Waals surface area contributed by atoms with Gasteiger partial charge in [0.25, 0.3) is 0 Å². The van der Waals surface area contributed by atoms with Crippen LogP contribution in [0, 0.1) is 0 Å². The van der Waals surface area contributed by atoms with E-state index in [4.69, 9.17) is 10.6 Å². The molecule has 0 aromatic heterocycles. The zero-order valence-corrected chi connectivity index (χ0v) is 10.5. The van der Waals surface area contributed by atoms with Gasteiger partial charge in [-0.15, -0.1) is 0 Å². The second-order valence-electron chi connectivity index (χ2n) is 4.06. The lowest BCUT2D eigenvalue weighted by molar-refractivity contribution is -0.130. The number of methoxy groups -OCH3 is 1. The SMILES string of the molecule is COc1ccc(CCCCC(=O)N(C)N)cc1. The Balaban J connectivity index is 2.24. The molecule has 0 aliphatic heterocycles. The highest BCUT2D eigenvalue weighted by Gasteiger charge is 2.03. The van der Waals surface area contributed by atoms with Crippen LogP contribution in [0.4, 0.5) is 0 Å². The van der Waals surface area contributed by atoms with E-state index in [0.717, 1.165) is 30.0 Å². The molecule has 0 aliphatic carbocycles. The Morgan fingerprint density at radius 2 is 1.94 bits per heavy atom. The largest absolute Gasteiger partial charge is 0.497 e. The van der Waals surface area contributed by atoms with Crippen LogP contribution in [0.3, 0.4) is 0 Å². The van der Waals surface area contributed by atoms with Crippen molar-refractivity contribution < 1.29 is 9.53 Å². The molecule has 0 spiro atoms. The molecule has 1 aromatic carbocycles. The van der Waals surface area contributed by atoms with E-state index >= 15 is 0 Å². The lowest BCUT2D eigenvalue weighted by Crippen LogP contribution is -2.32. The zero-order chi connectivity index (χ0) is 12.7. The lowest BCUT2D eigenvalue weighted by atomic mass is 10.1. The van der Waals surface area contributed by atoms with E-state index in [1.165, 1.54) is 5.56 Å². The highest BCUT2D eigenvalue weighted by Crippen LogP contribution is 2.13. The van der Waals surface area contributed by atoms with Crippen LogP contribution < -0.4 is 10.6 Å². The first-order valence-electron chi connectivity index (χ1n) is 5.77. The molecule has 17 heavy (non-hydrogen) atoms. The number of nitrogens with zero attached hydrogens (tertiary/aromatic N) is 1. The van der Waals surface area contributed by atoms with Gasteiger partial charge in [-0.2, -0.15) is 0 Å². The monoisotopic (exact) mass is 236 g/mol. The van der Waals surface area contributed by atoms with E-state index < -0.39 is 0 Å². The predicted molar refractivity (Wildman–Crippen MR) is 67.5 cm³/mol. The summed E-state index contributed by atoms with van der Waals surface area (Å²) in [5, 5.41) is 1.15. The van der Waals surface area contributed by atoms with Crippen LogP contribution in [0.2, 0.25) is 0 Å². The molecule has 0 atom stereocenters. The van der Waals surface area contributed by atoms with Gasteiger partial charge >= 0.3 is 0 Å². The molecule has 1 amide bonds. The van der Waals surface area contributed by atoms with E-state index in [9.17, 15) is 4.79 Å². The summed E-state index contributed by atoms with van der Waals surface area (Å²) in [6.45, 7) is 0. The number of unbranched alkanes of at least 4 members (excludes halogenated alkanes) is 1. The summed E-state index contributed by atoms with van der Waals surface area (Å²) in [6.07, 6.45) is 3.35. The van der Waals surface area contributed by atoms with Gasteiger partial charge in [0.15, 0.2) is 0 Å². The first-order valence-corrected chi connectivity index (χ1v) is 5.77. The summed E-state index contributed by atoms with van der Waals surface area (Å²) in [5.74, 6) is 6.19. The molecule has 0 saturated heterocycles. The summed E-state index contributed by atoms with van der Waals surface area (Å²) in [6, 6.07) is 8.01. The van der Waals surface area contributed by atoms with Crippen molar-refractivity contribution in [3.63, 3.8) is 0 Å². The third-order valence-electron chi connectivity index (χ3n) is 2.66. The van der Waals surface area contributed by atoms with E-state index in [-0.39, 0.29) is 5.91 Å². The topological polar surface area (TPSA) is 55.6 Å². The number of hydrogen-bond donors (Lipinski definition) is 1. The first-order chi connectivity index (χ1) is 8.13. The third-order valence-corrected chi connectivity index (χ3v) is 2.66. The Hall–Kier alpha value is -1.55. The Morgan fingerprint density at radius 3 is 2.47 bits per heavy atom. The molecule has 0 fully saturated rings. The summed E-state index contributed by atoms with van der Waals surface area (Å²) in [7, 11) is 3.23. The fourth-order valence-corrected chi connectivity index (χ4v) is 1.57. The predicted octanol–water partition coefficient (Wildman–Crippen LogP) is 1.74. The maximum absolute atomic E-state index is 11.2. The number of rotatable bonds is 6. The lowest BCUT2D eigenvalue weighted by Gasteiger charge is -2.09. The van der Waals surface area contributed by atoms with Crippen LogP contribution in [0.25, 0.3) is 0 Å². The van der Waals surface area contributed by atoms with Gasteiger partial charge in [-0.3, -0.25) is 9.80 Å². The number of carbonyl (C=O) groups is 1. The van der Waals surface area contributed by atoms with Gasteiger partial charge in [0.1, 0.15) is 5.75 Å². The van der Waals surface area contributed by atoms with Crippen LogP contribution in [-0.4, -0.2) is 25.1 Å². The van der Waals surface area contributed by atoms with Crippen LogP contribution in [0.15, 0.2) is 24.3 Å². The Labute approximate surface area is 102 Å². The van der Waals surface area contributed by atoms with Crippen molar-refractivity contribution in [1.29, 1.82) is 0 Å². The van der Waals surface area contributed by atoms with Crippen LogP contribution in [0.5, 0.6) is 5.75 Å². The molecule has 0 unspecified atom stereocenters. The number of aryl methyl sites for hydroxylation is 1. The molecule has 94 valence electrons. The molecule has 0 heterocycles. The van der Waals surface area contributed by atoms with E-state index in [1.54, 1.807) is 14.2 Å². The van der Waals surface area contributed by atoms with Crippen molar-refractivity contribution in [2.24, 2.45) is 5.84 Å². The van der Waals surface area contributed by atoms with E-state index in [0.29, 0.717) is 6.42 Å². The van der Waals surface area contributed by atoms with Crippen molar-refractivity contribution in [3.05, 3.63) is 29.8 Å². The average molecular weight is 236 g/mol. The molecule has 0 bridgehead atoms. The number of nitrogens with two attached hydrogens (primary N) is 1. The zero-order valence-electron chi connectivity index (χ0n) is 10.5. The highest BCUT2D eigenvalue weighted by atomic mass is 16.5. The van der Waals surface area contributed by atoms with Crippen molar-refractivity contribution in [3.8, 4) is 5.75 Å². The van der Waals surface area contributed by atoms with Gasteiger partial charge in [-0.25, -0.2) is 5.84 Å². The Morgan fingerprint density at radius 1 is 1.29 bits per heavy atom. The van der Waals surface area contributed by atoms with Gasteiger partial charge in [0.2, 0.25) is 5.91 Å². The molecule has 1 aromatic rings. The number of benzene rings is 1. The maximum Gasteiger partial charge on any atom is 0.236 e. The number of amides is 1. The molecular formula is C13H20N2O2. The second-order valence-corrected chi connectivity index (χ2v) is 4.06. The van der Waals surface area contributed by atoms with Gasteiger partial charge < -0.3 is 4.74 Å². The van der Waals surface area contributed by atoms with Crippen LogP contribution in [-0.2, 0) is 11.2 Å². The second kappa shape index (κ2) is 6.91. The van der Waals surface area contributed by atoms with E-state index in [1.807, 2.05) is 12.1 Å². The Bertz CT molecular complexity index is 347. The molecule has 1 rings (SSSR count). The molecule has 4 nitrogen and oxygen atoms in total. The fraction of sp³-hybridized carbons (Fsp3) is 0.462. The summed E-state index contributed by atoms with van der Waals surface area (Å²) < 4.78 is 5.09. The van der Waals surface area contributed by atoms with Crippen molar-refractivity contribution in [1.82, 2.24) is 5.01 Å². The number of hydrogen-bond acceptors (Lipinski definition) is 3. The van der Waals surface area contributed by atoms with Gasteiger partial charge in [-0.1, -0.05) is 12.1 Å². The fourth-order valence-electron chi connectivity index (χ4n) is 1.57. The minimum Gasteiger partial charge on any atom is -0.497 e. The molecule has 0 aliphatic rings. The maximum atomic E-state index is 11.2. The minimum atomic E-state index is -0.0141. The normalized spacial score (nSPS) is 10.1. The standard InChI is InChI=1S/C13H20N2O2/c1-15(14)13(16)6-4-3-5-11-7-9-12(17-2)10-8-11/h7-10H,3-6,14H2,1-2H3. The van der Waals surface area contributed by atoms with Crippen LogP contribution >= 0.6 is 0 Å². The minimum absolute atomic E-state index is 0.0141. The van der Waals surface area contributed by atoms with Gasteiger partial charge in [0.05, 0.1) is 7.11 Å². The average Bonchev–Trinajstić information content (AvgIpc) is 2.35. The molecule has 4 heteroatoms. The van der Waals surface area contributed by atoms with Gasteiger partial charge in [0, 0.05) is 13.5 Å². The van der Waals surface area contributed by atoms with Crippen molar-refractivity contribution in [2.75, 3.05) is 14.2 Å². The van der Waals surface area contributed by atoms with Crippen LogP contribution in [0.1, 0.15) is 24.8 Å². The first kappa shape index (κ1) is 13.5. The summed E-state index contributed by atoms with van der Waals surface area (Å²) in [5.41, 5.74) is 1.26. The molecule has 0 radical (unpaired) electrons. The smallest absolute Gasteiger partial charge is 0.236 e.